The number of carbonyl (C=O) groups excluding carboxylic acids is 2. The molecule has 0 spiro atoms. The maximum Gasteiger partial charge on any atom is 0.283 e. The van der Waals surface area contributed by atoms with Crippen molar-refractivity contribution in [3.05, 3.63) is 48.5 Å². The van der Waals surface area contributed by atoms with Crippen LogP contribution in [0.3, 0.4) is 0 Å². The third-order valence-electron chi connectivity index (χ3n) is 4.35. The Balaban J connectivity index is 1.94. The lowest BCUT2D eigenvalue weighted by Gasteiger charge is -2.49. The fourth-order valence-electron chi connectivity index (χ4n) is 3.10. The first kappa shape index (κ1) is 14.6. The second kappa shape index (κ2) is 4.99. The molecule has 0 radical (unpaired) electrons. The van der Waals surface area contributed by atoms with Crippen molar-refractivity contribution in [2.45, 2.75) is 19.4 Å². The molecule has 6 heteroatoms. The summed E-state index contributed by atoms with van der Waals surface area (Å²) in [7, 11) is 0. The van der Waals surface area contributed by atoms with E-state index in [2.05, 4.69) is 5.32 Å². The van der Waals surface area contributed by atoms with E-state index in [1.807, 2.05) is 48.5 Å². The first-order chi connectivity index (χ1) is 11.5. The number of para-hydroxylation sites is 4. The van der Waals surface area contributed by atoms with E-state index in [4.69, 9.17) is 4.74 Å². The number of hydrazine groups is 1. The lowest BCUT2D eigenvalue weighted by Crippen LogP contribution is -2.65. The summed E-state index contributed by atoms with van der Waals surface area (Å²) in [6.45, 7) is 3.53. The molecule has 6 nitrogen and oxygen atoms in total. The number of anilines is 3. The highest BCUT2D eigenvalue weighted by atomic mass is 16.5. The fraction of sp³-hybridized carbons (Fsp3) is 0.222. The van der Waals surface area contributed by atoms with Gasteiger partial charge in [-0.05, 0) is 38.1 Å². The van der Waals surface area contributed by atoms with E-state index in [0.29, 0.717) is 17.1 Å². The summed E-state index contributed by atoms with van der Waals surface area (Å²) in [5.41, 5.74) is 1.14. The molecule has 0 fully saturated rings. The average molecular weight is 323 g/mol. The van der Waals surface area contributed by atoms with Gasteiger partial charge in [-0.25, -0.2) is 5.01 Å². The molecule has 0 aliphatic carbocycles. The molecule has 0 unspecified atom stereocenters. The van der Waals surface area contributed by atoms with E-state index >= 15 is 0 Å². The molecule has 2 heterocycles. The van der Waals surface area contributed by atoms with Gasteiger partial charge < -0.3 is 10.1 Å². The summed E-state index contributed by atoms with van der Waals surface area (Å²) in [6, 6.07) is 14.8. The van der Waals surface area contributed by atoms with Crippen molar-refractivity contribution < 1.29 is 14.3 Å². The number of ether oxygens (including phenoxy) is 1. The smallest absolute Gasteiger partial charge is 0.283 e. The summed E-state index contributed by atoms with van der Waals surface area (Å²) < 4.78 is 5.52. The Bertz CT molecular complexity index is 847. The van der Waals surface area contributed by atoms with Crippen LogP contribution in [0.25, 0.3) is 0 Å². The minimum Gasteiger partial charge on any atom is -0.481 e. The Morgan fingerprint density at radius 2 is 1.67 bits per heavy atom. The monoisotopic (exact) mass is 323 g/mol. The number of carbonyl (C=O) groups is 2. The summed E-state index contributed by atoms with van der Waals surface area (Å²) >= 11 is 0. The molecule has 0 atom stereocenters. The third kappa shape index (κ3) is 1.96. The van der Waals surface area contributed by atoms with Crippen LogP contribution < -0.4 is 20.1 Å². The van der Waals surface area contributed by atoms with Crippen LogP contribution in [-0.2, 0) is 9.59 Å². The lowest BCUT2D eigenvalue weighted by molar-refractivity contribution is -0.123. The predicted octanol–water partition coefficient (Wildman–Crippen LogP) is 2.56. The van der Waals surface area contributed by atoms with Crippen LogP contribution in [0.2, 0.25) is 0 Å². The Morgan fingerprint density at radius 3 is 2.46 bits per heavy atom. The van der Waals surface area contributed by atoms with Crippen LogP contribution in [0, 0.1) is 0 Å². The normalized spacial score (nSPS) is 18.4. The highest BCUT2D eigenvalue weighted by Crippen LogP contribution is 2.42. The lowest BCUT2D eigenvalue weighted by atomic mass is 9.98. The van der Waals surface area contributed by atoms with E-state index in [0.717, 1.165) is 5.69 Å². The van der Waals surface area contributed by atoms with Gasteiger partial charge in [-0.3, -0.25) is 14.6 Å². The molecule has 0 saturated heterocycles. The van der Waals surface area contributed by atoms with Gasteiger partial charge in [0.25, 0.3) is 11.8 Å². The van der Waals surface area contributed by atoms with E-state index < -0.39 is 5.54 Å². The van der Waals surface area contributed by atoms with E-state index in [9.17, 15) is 9.59 Å². The first-order valence-corrected chi connectivity index (χ1v) is 7.75. The maximum atomic E-state index is 12.7. The standard InChI is InChI=1S/C18H17N3O3/c1-18(2)17(23)19-12-7-3-4-8-13(12)21(18)20-14-9-5-6-10-15(14)24-11-16(20)22/h3-10H,11H2,1-2H3,(H,19,23). The molecular formula is C18H17N3O3. The zero-order valence-corrected chi connectivity index (χ0v) is 13.4. The Hall–Kier alpha value is -3.02. The number of hydrogen-bond donors (Lipinski definition) is 1. The molecule has 2 amide bonds. The van der Waals surface area contributed by atoms with Crippen molar-refractivity contribution in [3.8, 4) is 5.75 Å². The minimum absolute atomic E-state index is 0.0621. The van der Waals surface area contributed by atoms with Crippen molar-refractivity contribution in [2.75, 3.05) is 21.9 Å². The van der Waals surface area contributed by atoms with Crippen molar-refractivity contribution >= 4 is 28.9 Å². The van der Waals surface area contributed by atoms with Crippen LogP contribution in [-0.4, -0.2) is 24.0 Å². The highest BCUT2D eigenvalue weighted by Gasteiger charge is 2.46. The van der Waals surface area contributed by atoms with Crippen molar-refractivity contribution in [2.24, 2.45) is 0 Å². The zero-order valence-electron chi connectivity index (χ0n) is 13.4. The molecule has 24 heavy (non-hydrogen) atoms. The predicted molar refractivity (Wildman–Crippen MR) is 91.1 cm³/mol. The van der Waals surface area contributed by atoms with Gasteiger partial charge in [0.1, 0.15) is 17.0 Å². The molecule has 2 aliphatic rings. The van der Waals surface area contributed by atoms with Crippen LogP contribution >= 0.6 is 0 Å². The van der Waals surface area contributed by atoms with Gasteiger partial charge in [-0.2, -0.15) is 0 Å². The number of nitrogens with zero attached hydrogens (tertiary/aromatic N) is 2. The quantitative estimate of drug-likeness (QED) is 0.876. The number of benzene rings is 2. The van der Waals surface area contributed by atoms with Crippen LogP contribution in [0.15, 0.2) is 48.5 Å². The molecule has 0 aromatic heterocycles. The second-order valence-electron chi connectivity index (χ2n) is 6.30. The molecule has 122 valence electrons. The summed E-state index contributed by atoms with van der Waals surface area (Å²) in [6.07, 6.45) is 0. The maximum absolute atomic E-state index is 12.7. The van der Waals surface area contributed by atoms with Gasteiger partial charge in [-0.1, -0.05) is 24.3 Å². The molecule has 2 aliphatic heterocycles. The molecule has 4 rings (SSSR count). The van der Waals surface area contributed by atoms with Crippen molar-refractivity contribution in [1.82, 2.24) is 0 Å². The van der Waals surface area contributed by atoms with Gasteiger partial charge in [0.2, 0.25) is 0 Å². The number of rotatable bonds is 1. The van der Waals surface area contributed by atoms with E-state index in [1.54, 1.807) is 23.9 Å². The summed E-state index contributed by atoms with van der Waals surface area (Å²) in [4.78, 5) is 25.3. The van der Waals surface area contributed by atoms with Gasteiger partial charge in [0.05, 0.1) is 11.4 Å². The molecule has 0 saturated carbocycles. The van der Waals surface area contributed by atoms with Crippen LogP contribution in [0.1, 0.15) is 13.8 Å². The number of fused-ring (bicyclic) bond motifs is 2. The summed E-state index contributed by atoms with van der Waals surface area (Å²) in [5.74, 6) is 0.237. The molecule has 2 aromatic carbocycles. The van der Waals surface area contributed by atoms with Gasteiger partial charge in [-0.15, -0.1) is 0 Å². The summed E-state index contributed by atoms with van der Waals surface area (Å²) in [5, 5.41) is 6.22. The Morgan fingerprint density at radius 1 is 1.00 bits per heavy atom. The Labute approximate surface area is 139 Å². The topological polar surface area (TPSA) is 61.9 Å². The van der Waals surface area contributed by atoms with Crippen LogP contribution in [0.4, 0.5) is 17.1 Å². The first-order valence-electron chi connectivity index (χ1n) is 7.75. The number of amides is 2. The van der Waals surface area contributed by atoms with Crippen LogP contribution in [0.5, 0.6) is 5.75 Å². The van der Waals surface area contributed by atoms with E-state index in [-0.39, 0.29) is 18.4 Å². The fourth-order valence-corrected chi connectivity index (χ4v) is 3.10. The molecule has 0 bridgehead atoms. The Kier molecular flexibility index (Phi) is 3.03. The minimum atomic E-state index is -0.936. The van der Waals surface area contributed by atoms with Gasteiger partial charge in [0.15, 0.2) is 6.61 Å². The van der Waals surface area contributed by atoms with E-state index in [1.165, 1.54) is 0 Å². The molecule has 1 N–H and O–H groups in total. The van der Waals surface area contributed by atoms with Gasteiger partial charge in [0, 0.05) is 0 Å². The molecular weight excluding hydrogens is 306 g/mol. The SMILES string of the molecule is CC1(C)C(=O)Nc2ccccc2N1N1C(=O)COc2ccccc21. The average Bonchev–Trinajstić information content (AvgIpc) is 2.57. The largest absolute Gasteiger partial charge is 0.481 e. The molecule has 2 aromatic rings. The number of hydrogen-bond acceptors (Lipinski definition) is 4. The van der Waals surface area contributed by atoms with Gasteiger partial charge >= 0.3 is 0 Å². The van der Waals surface area contributed by atoms with Crippen molar-refractivity contribution in [3.63, 3.8) is 0 Å². The zero-order chi connectivity index (χ0) is 16.9. The highest BCUT2D eigenvalue weighted by molar-refractivity contribution is 6.10. The number of nitrogens with one attached hydrogen (secondary N) is 1. The van der Waals surface area contributed by atoms with Crippen molar-refractivity contribution in [1.29, 1.82) is 0 Å². The second-order valence-corrected chi connectivity index (χ2v) is 6.30. The third-order valence-corrected chi connectivity index (χ3v) is 4.35.